The predicted octanol–water partition coefficient (Wildman–Crippen LogP) is 1.08. The fourth-order valence-corrected chi connectivity index (χ4v) is 1.43. The number of nitrogens with two attached hydrogens (primary N) is 1. The van der Waals surface area contributed by atoms with Crippen molar-refractivity contribution in [3.63, 3.8) is 0 Å². The first kappa shape index (κ1) is 11.9. The number of hydrogen-bond donors (Lipinski definition) is 1. The Balaban J connectivity index is 2.58. The first-order chi connectivity index (χ1) is 7.13. The Hall–Kier alpha value is -1.19. The van der Waals surface area contributed by atoms with E-state index in [4.69, 9.17) is 10.5 Å². The molecule has 0 saturated heterocycles. The van der Waals surface area contributed by atoms with Gasteiger partial charge in [-0.25, -0.2) is 0 Å². The second-order valence-electron chi connectivity index (χ2n) is 3.69. The van der Waals surface area contributed by atoms with Gasteiger partial charge in [0.2, 0.25) is 0 Å². The summed E-state index contributed by atoms with van der Waals surface area (Å²) in [5.41, 5.74) is 7.80. The van der Waals surface area contributed by atoms with Gasteiger partial charge in [-0.2, -0.15) is 0 Å². The molecule has 1 aromatic rings. The molecule has 3 nitrogen and oxygen atoms in total. The van der Waals surface area contributed by atoms with Gasteiger partial charge in [-0.05, 0) is 12.5 Å². The third-order valence-corrected chi connectivity index (χ3v) is 2.22. The van der Waals surface area contributed by atoms with Crippen molar-refractivity contribution in [3.05, 3.63) is 35.4 Å². The fraction of sp³-hybridized carbons (Fsp3) is 0.417. The van der Waals surface area contributed by atoms with E-state index >= 15 is 0 Å². The maximum Gasteiger partial charge on any atom is 0.156 e. The molecule has 0 saturated carbocycles. The minimum absolute atomic E-state index is 0.0162. The number of ether oxygens (including phenoxy) is 1. The van der Waals surface area contributed by atoms with Crippen molar-refractivity contribution in [2.24, 2.45) is 5.73 Å². The normalized spacial score (nSPS) is 12.5. The van der Waals surface area contributed by atoms with Crippen LogP contribution < -0.4 is 5.73 Å². The molecule has 1 atom stereocenters. The molecule has 3 heteroatoms. The summed E-state index contributed by atoms with van der Waals surface area (Å²) in [5.74, 6) is 0.0162. The maximum absolute atomic E-state index is 11.6. The summed E-state index contributed by atoms with van der Waals surface area (Å²) < 4.78 is 4.84. The zero-order valence-electron chi connectivity index (χ0n) is 9.19. The van der Waals surface area contributed by atoms with Gasteiger partial charge in [-0.3, -0.25) is 4.79 Å². The molecule has 2 N–H and O–H groups in total. The van der Waals surface area contributed by atoms with Crippen LogP contribution in [0, 0.1) is 6.92 Å². The Morgan fingerprint density at radius 3 is 2.87 bits per heavy atom. The molecule has 0 spiro atoms. The van der Waals surface area contributed by atoms with E-state index in [2.05, 4.69) is 0 Å². The summed E-state index contributed by atoms with van der Waals surface area (Å²) in [4.78, 5) is 11.6. The van der Waals surface area contributed by atoms with E-state index in [9.17, 15) is 4.79 Å². The van der Waals surface area contributed by atoms with Gasteiger partial charge in [0.25, 0.3) is 0 Å². The van der Waals surface area contributed by atoms with E-state index in [-0.39, 0.29) is 12.4 Å². The molecule has 0 fully saturated rings. The summed E-state index contributed by atoms with van der Waals surface area (Å²) in [6.07, 6.45) is 0.381. The van der Waals surface area contributed by atoms with Gasteiger partial charge >= 0.3 is 0 Å². The zero-order chi connectivity index (χ0) is 11.3. The number of ketones is 1. The largest absolute Gasteiger partial charge is 0.383 e. The van der Waals surface area contributed by atoms with E-state index in [0.717, 1.165) is 11.1 Å². The average Bonchev–Trinajstić information content (AvgIpc) is 2.18. The van der Waals surface area contributed by atoms with Gasteiger partial charge in [-0.1, -0.05) is 29.8 Å². The molecule has 1 rings (SSSR count). The average molecular weight is 207 g/mol. The van der Waals surface area contributed by atoms with Crippen LogP contribution in [0.15, 0.2) is 24.3 Å². The first-order valence-corrected chi connectivity index (χ1v) is 4.96. The minimum atomic E-state index is -0.518. The summed E-state index contributed by atoms with van der Waals surface area (Å²) in [7, 11) is 1.54. The molecule has 0 amide bonds. The van der Waals surface area contributed by atoms with Gasteiger partial charge in [0, 0.05) is 13.5 Å². The highest BCUT2D eigenvalue weighted by Crippen LogP contribution is 2.05. The number of rotatable bonds is 5. The monoisotopic (exact) mass is 207 g/mol. The quantitative estimate of drug-likeness (QED) is 0.786. The lowest BCUT2D eigenvalue weighted by Crippen LogP contribution is -2.35. The maximum atomic E-state index is 11.6. The van der Waals surface area contributed by atoms with Crippen LogP contribution in [0.2, 0.25) is 0 Å². The molecule has 0 aliphatic heterocycles. The van der Waals surface area contributed by atoms with E-state index in [1.165, 1.54) is 0 Å². The number of benzene rings is 1. The van der Waals surface area contributed by atoms with Crippen molar-refractivity contribution in [1.29, 1.82) is 0 Å². The highest BCUT2D eigenvalue weighted by atomic mass is 16.5. The molecule has 1 aromatic carbocycles. The topological polar surface area (TPSA) is 52.3 Å². The molecule has 1 unspecified atom stereocenters. The lowest BCUT2D eigenvalue weighted by atomic mass is 10.0. The molecule has 0 aliphatic carbocycles. The predicted molar refractivity (Wildman–Crippen MR) is 59.7 cm³/mol. The molecule has 0 aliphatic rings. The Bertz CT molecular complexity index is 336. The van der Waals surface area contributed by atoms with Crippen LogP contribution in [0.3, 0.4) is 0 Å². The lowest BCUT2D eigenvalue weighted by molar-refractivity contribution is -0.120. The molecule has 0 radical (unpaired) electrons. The molecular formula is C12H17NO2. The van der Waals surface area contributed by atoms with E-state index in [1.54, 1.807) is 7.11 Å². The fourth-order valence-electron chi connectivity index (χ4n) is 1.43. The van der Waals surface area contributed by atoms with Crippen molar-refractivity contribution in [3.8, 4) is 0 Å². The van der Waals surface area contributed by atoms with E-state index in [0.29, 0.717) is 6.42 Å². The summed E-state index contributed by atoms with van der Waals surface area (Å²) in [5, 5.41) is 0. The van der Waals surface area contributed by atoms with Crippen LogP contribution in [-0.4, -0.2) is 25.5 Å². The van der Waals surface area contributed by atoms with Gasteiger partial charge in [0.15, 0.2) is 5.78 Å². The van der Waals surface area contributed by atoms with Crippen LogP contribution in [0.4, 0.5) is 0 Å². The van der Waals surface area contributed by atoms with Crippen molar-refractivity contribution < 1.29 is 9.53 Å². The minimum Gasteiger partial charge on any atom is -0.383 e. The Morgan fingerprint density at radius 1 is 1.53 bits per heavy atom. The lowest BCUT2D eigenvalue weighted by Gasteiger charge is -2.09. The number of aryl methyl sites for hydroxylation is 1. The van der Waals surface area contributed by atoms with E-state index in [1.807, 2.05) is 31.2 Å². The van der Waals surface area contributed by atoms with E-state index < -0.39 is 6.04 Å². The Kier molecular flexibility index (Phi) is 4.46. The van der Waals surface area contributed by atoms with Gasteiger partial charge in [-0.15, -0.1) is 0 Å². The third-order valence-electron chi connectivity index (χ3n) is 2.22. The van der Waals surface area contributed by atoms with Crippen LogP contribution in [-0.2, 0) is 16.0 Å². The van der Waals surface area contributed by atoms with Crippen LogP contribution in [0.1, 0.15) is 11.1 Å². The summed E-state index contributed by atoms with van der Waals surface area (Å²) in [6.45, 7) is 2.29. The van der Waals surface area contributed by atoms with Gasteiger partial charge in [0.1, 0.15) is 0 Å². The molecule has 0 aromatic heterocycles. The number of methoxy groups -OCH3 is 1. The molecule has 82 valence electrons. The van der Waals surface area contributed by atoms with Crippen molar-refractivity contribution >= 4 is 5.78 Å². The third kappa shape index (κ3) is 3.81. The highest BCUT2D eigenvalue weighted by Gasteiger charge is 2.13. The molecule has 0 bridgehead atoms. The number of hydrogen-bond acceptors (Lipinski definition) is 3. The van der Waals surface area contributed by atoms with Crippen LogP contribution in [0.25, 0.3) is 0 Å². The second-order valence-corrected chi connectivity index (χ2v) is 3.69. The molecule has 0 heterocycles. The number of carbonyl (C=O) groups is 1. The van der Waals surface area contributed by atoms with Crippen molar-refractivity contribution in [2.45, 2.75) is 19.4 Å². The molecular weight excluding hydrogens is 190 g/mol. The van der Waals surface area contributed by atoms with Crippen molar-refractivity contribution in [2.75, 3.05) is 13.7 Å². The highest BCUT2D eigenvalue weighted by molar-refractivity contribution is 5.86. The Labute approximate surface area is 90.2 Å². The summed E-state index contributed by atoms with van der Waals surface area (Å²) >= 11 is 0. The zero-order valence-corrected chi connectivity index (χ0v) is 9.19. The van der Waals surface area contributed by atoms with Crippen molar-refractivity contribution in [1.82, 2.24) is 0 Å². The number of Topliss-reactive ketones (excluding diaryl/α,β-unsaturated/α-hetero) is 1. The number of carbonyl (C=O) groups excluding carboxylic acids is 1. The molecule has 15 heavy (non-hydrogen) atoms. The van der Waals surface area contributed by atoms with Gasteiger partial charge < -0.3 is 10.5 Å². The standard InChI is InChI=1S/C12H17NO2/c1-9-4-3-5-10(6-9)7-12(14)11(13)8-15-2/h3-6,11H,7-8,13H2,1-2H3. The summed E-state index contributed by atoms with van der Waals surface area (Å²) in [6, 6.07) is 7.36. The van der Waals surface area contributed by atoms with Crippen LogP contribution >= 0.6 is 0 Å². The van der Waals surface area contributed by atoms with Gasteiger partial charge in [0.05, 0.1) is 12.6 Å². The second kappa shape index (κ2) is 5.63. The Morgan fingerprint density at radius 2 is 2.27 bits per heavy atom. The first-order valence-electron chi connectivity index (χ1n) is 4.96. The smallest absolute Gasteiger partial charge is 0.156 e. The SMILES string of the molecule is COCC(N)C(=O)Cc1cccc(C)c1. The van der Waals surface area contributed by atoms with Crippen LogP contribution in [0.5, 0.6) is 0 Å².